The molecule has 0 heterocycles. The number of benzene rings is 1. The van der Waals surface area contributed by atoms with Gasteiger partial charge in [0.05, 0.1) is 0 Å². The average molecular weight is 165 g/mol. The third-order valence-corrected chi connectivity index (χ3v) is 2.05. The van der Waals surface area contributed by atoms with Crippen LogP contribution in [0.3, 0.4) is 0 Å². The fraction of sp³-hybridized carbons (Fsp3) is 0. The molecule has 0 aliphatic carbocycles. The van der Waals surface area contributed by atoms with Crippen LogP contribution in [0.25, 0.3) is 0 Å². The Kier molecular flexibility index (Phi) is 2.34. The Morgan fingerprint density at radius 2 is 1.75 bits per heavy atom. The van der Waals surface area contributed by atoms with Gasteiger partial charge in [0, 0.05) is 0 Å². The van der Waals surface area contributed by atoms with Gasteiger partial charge in [-0.05, 0) is 0 Å². The first kappa shape index (κ1) is 6.09. The maximum absolute atomic E-state index is 3.67. The molecule has 2 heteroatoms. The number of hydrogen-bond donors (Lipinski definition) is 0. The van der Waals surface area contributed by atoms with E-state index in [4.69, 9.17) is 0 Å². The van der Waals surface area contributed by atoms with E-state index in [2.05, 4.69) is 14.1 Å². The van der Waals surface area contributed by atoms with E-state index in [0.29, 0.717) is 0 Å². The second kappa shape index (κ2) is 3.08. The fourth-order valence-electron chi connectivity index (χ4n) is 0.469. The topological polar surface area (TPSA) is 0 Å². The molecule has 0 atom stereocenters. The van der Waals surface area contributed by atoms with E-state index in [1.165, 1.54) is 14.3 Å². The second-order valence-corrected chi connectivity index (χ2v) is 2.68. The molecule has 0 fully saturated rings. The van der Waals surface area contributed by atoms with Crippen molar-refractivity contribution in [2.24, 2.45) is 0 Å². The van der Waals surface area contributed by atoms with E-state index >= 15 is 0 Å². The Hall–Kier alpha value is -0.0405. The zero-order valence-corrected chi connectivity index (χ0v) is 6.07. The summed E-state index contributed by atoms with van der Waals surface area (Å²) in [4.78, 5) is 1.22. The summed E-state index contributed by atoms with van der Waals surface area (Å²) in [5.74, 6) is 0. The SMILES string of the molecule is [Fe]#[S]c1ccccc1. The van der Waals surface area contributed by atoms with E-state index in [9.17, 15) is 0 Å². The summed E-state index contributed by atoms with van der Waals surface area (Å²) in [6.45, 7) is 0. The quantitative estimate of drug-likeness (QED) is 0.517. The molecule has 0 aliphatic heterocycles. The van der Waals surface area contributed by atoms with Gasteiger partial charge in [0.15, 0.2) is 0 Å². The van der Waals surface area contributed by atoms with Crippen LogP contribution in [-0.4, -0.2) is 0 Å². The van der Waals surface area contributed by atoms with Crippen LogP contribution in [0.15, 0.2) is 35.2 Å². The van der Waals surface area contributed by atoms with Gasteiger partial charge in [-0.1, -0.05) is 0 Å². The van der Waals surface area contributed by atoms with Crippen molar-refractivity contribution in [2.45, 2.75) is 4.90 Å². The Morgan fingerprint density at radius 3 is 2.12 bits per heavy atom. The predicted molar refractivity (Wildman–Crippen MR) is 32.3 cm³/mol. The molecule has 1 rings (SSSR count). The molecule has 8 heavy (non-hydrogen) atoms. The molecule has 0 aliphatic rings. The third kappa shape index (κ3) is 1.48. The zero-order chi connectivity index (χ0) is 5.82. The minimum atomic E-state index is 1.22. The van der Waals surface area contributed by atoms with Crippen molar-refractivity contribution in [3.63, 3.8) is 0 Å². The normalized spacial score (nSPS) is 8.50. The molecule has 0 N–H and O–H groups in total. The molecule has 43 valence electrons. The van der Waals surface area contributed by atoms with Crippen molar-refractivity contribution in [3.8, 4) is 0 Å². The summed E-state index contributed by atoms with van der Waals surface area (Å²) >= 11 is 3.67. The van der Waals surface area contributed by atoms with Crippen LogP contribution >= 0.6 is 9.45 Å². The molecule has 0 spiro atoms. The number of rotatable bonds is 0. The molecule has 0 bridgehead atoms. The summed E-state index contributed by atoms with van der Waals surface area (Å²) in [6, 6.07) is 10.1. The van der Waals surface area contributed by atoms with Gasteiger partial charge in [0.1, 0.15) is 0 Å². The molecule has 0 nitrogen and oxygen atoms in total. The van der Waals surface area contributed by atoms with Crippen LogP contribution in [0.1, 0.15) is 0 Å². The average Bonchev–Trinajstić information content (AvgIpc) is 1.90. The Labute approximate surface area is 59.1 Å². The van der Waals surface area contributed by atoms with Crippen molar-refractivity contribution in [3.05, 3.63) is 30.3 Å². The summed E-state index contributed by atoms with van der Waals surface area (Å²) in [5, 5.41) is 0. The molecule has 0 amide bonds. The zero-order valence-electron chi connectivity index (χ0n) is 4.15. The first-order valence-corrected chi connectivity index (χ1v) is 4.31. The van der Waals surface area contributed by atoms with Crippen LogP contribution < -0.4 is 0 Å². The summed E-state index contributed by atoms with van der Waals surface area (Å²) < 4.78 is 0. The van der Waals surface area contributed by atoms with Crippen LogP contribution in [0, 0.1) is 0 Å². The van der Waals surface area contributed by atoms with Gasteiger partial charge in [-0.3, -0.25) is 0 Å². The van der Waals surface area contributed by atoms with Crippen LogP contribution in [0.2, 0.25) is 0 Å². The molecule has 1 aromatic carbocycles. The Balaban J connectivity index is 3.05. The van der Waals surface area contributed by atoms with E-state index in [1.54, 1.807) is 0 Å². The maximum atomic E-state index is 3.67. The first-order valence-electron chi connectivity index (χ1n) is 2.26. The molecular formula is C6H5FeS. The molecule has 0 radical (unpaired) electrons. The third-order valence-electron chi connectivity index (χ3n) is 0.827. The molecule has 0 saturated heterocycles. The van der Waals surface area contributed by atoms with Crippen molar-refractivity contribution in [1.29, 1.82) is 0 Å². The minimum absolute atomic E-state index is 1.22. The van der Waals surface area contributed by atoms with E-state index in [0.717, 1.165) is 0 Å². The number of hydrogen-bond acceptors (Lipinski definition) is 0. The Bertz CT molecular complexity index is 200. The van der Waals surface area contributed by atoms with Gasteiger partial charge in [0.25, 0.3) is 0 Å². The fourth-order valence-corrected chi connectivity index (χ4v) is 1.17. The van der Waals surface area contributed by atoms with Gasteiger partial charge >= 0.3 is 58.8 Å². The van der Waals surface area contributed by atoms with Crippen molar-refractivity contribution in [2.75, 3.05) is 0 Å². The predicted octanol–water partition coefficient (Wildman–Crippen LogP) is 2.24. The standard InChI is InChI=1S/C6H6S.Fe/c7-6-4-2-1-3-5-6;/h1-5,7H;/q;+1/p-1. The van der Waals surface area contributed by atoms with Crippen molar-refractivity contribution >= 4 is 9.45 Å². The monoisotopic (exact) mass is 165 g/mol. The van der Waals surface area contributed by atoms with E-state index < -0.39 is 0 Å². The molecule has 1 aromatic rings. The van der Waals surface area contributed by atoms with Gasteiger partial charge in [-0.2, -0.15) is 0 Å². The molecule has 0 unspecified atom stereocenters. The van der Waals surface area contributed by atoms with E-state index in [-0.39, 0.29) is 0 Å². The van der Waals surface area contributed by atoms with Crippen LogP contribution in [-0.2, 0) is 14.1 Å². The molecular weight excluding hydrogens is 160 g/mol. The van der Waals surface area contributed by atoms with Crippen LogP contribution in [0.4, 0.5) is 0 Å². The van der Waals surface area contributed by atoms with Gasteiger partial charge in [-0.25, -0.2) is 0 Å². The van der Waals surface area contributed by atoms with Crippen LogP contribution in [0.5, 0.6) is 0 Å². The van der Waals surface area contributed by atoms with Gasteiger partial charge in [0.2, 0.25) is 0 Å². The van der Waals surface area contributed by atoms with Gasteiger partial charge in [-0.15, -0.1) is 0 Å². The van der Waals surface area contributed by atoms with Crippen molar-refractivity contribution < 1.29 is 14.1 Å². The summed E-state index contributed by atoms with van der Waals surface area (Å²) in [5.41, 5.74) is 0. The van der Waals surface area contributed by atoms with E-state index in [1.807, 2.05) is 30.3 Å². The summed E-state index contributed by atoms with van der Waals surface area (Å²) in [6.07, 6.45) is 0. The van der Waals surface area contributed by atoms with Crippen molar-refractivity contribution in [1.82, 2.24) is 0 Å². The Morgan fingerprint density at radius 1 is 1.12 bits per heavy atom. The first-order chi connectivity index (χ1) is 3.93. The molecule has 0 saturated carbocycles. The summed E-state index contributed by atoms with van der Waals surface area (Å²) in [7, 11) is 1.52. The second-order valence-electron chi connectivity index (χ2n) is 1.39. The molecule has 0 aromatic heterocycles. The van der Waals surface area contributed by atoms with Gasteiger partial charge < -0.3 is 0 Å².